The fourth-order valence-corrected chi connectivity index (χ4v) is 3.36. The van der Waals surface area contributed by atoms with E-state index in [1.165, 1.54) is 0 Å². The van der Waals surface area contributed by atoms with E-state index in [0.717, 1.165) is 48.7 Å². The van der Waals surface area contributed by atoms with Crippen LogP contribution in [-0.4, -0.2) is 44.1 Å². The van der Waals surface area contributed by atoms with E-state index in [1.807, 2.05) is 24.5 Å². The van der Waals surface area contributed by atoms with Crippen LogP contribution in [0.2, 0.25) is 0 Å². The standard InChI is InChI=1S/C15H23N3O2S/c1-18(10-11-6-8-20-9-7-11)12-4-3-5-13(21-2)14(12)15(16)17-19/h3-5,11,19H,6-10H2,1-2H3,(H2,16,17). The maximum absolute atomic E-state index is 9.05. The average Bonchev–Trinajstić information content (AvgIpc) is 2.54. The molecule has 0 radical (unpaired) electrons. The maximum atomic E-state index is 9.05. The first-order chi connectivity index (χ1) is 10.2. The molecule has 1 aliphatic rings. The monoisotopic (exact) mass is 309 g/mol. The van der Waals surface area contributed by atoms with Crippen LogP contribution < -0.4 is 10.6 Å². The molecule has 5 nitrogen and oxygen atoms in total. The topological polar surface area (TPSA) is 71.1 Å². The van der Waals surface area contributed by atoms with Gasteiger partial charge in [-0.1, -0.05) is 11.2 Å². The Balaban J connectivity index is 2.24. The zero-order valence-corrected chi connectivity index (χ0v) is 13.4. The van der Waals surface area contributed by atoms with Gasteiger partial charge in [0.15, 0.2) is 5.84 Å². The molecule has 0 unspecified atom stereocenters. The second-order valence-electron chi connectivity index (χ2n) is 5.28. The molecule has 0 saturated carbocycles. The Hall–Kier alpha value is -1.40. The number of amidine groups is 1. The summed E-state index contributed by atoms with van der Waals surface area (Å²) in [5.74, 6) is 0.788. The SMILES string of the molecule is CSc1cccc(N(C)CC2CCOCC2)c1/C(N)=N/O. The van der Waals surface area contributed by atoms with E-state index in [-0.39, 0.29) is 5.84 Å². The summed E-state index contributed by atoms with van der Waals surface area (Å²) in [6, 6.07) is 6.02. The number of rotatable bonds is 5. The number of hydrogen-bond donors (Lipinski definition) is 2. The van der Waals surface area contributed by atoms with E-state index in [2.05, 4.69) is 17.1 Å². The van der Waals surface area contributed by atoms with Crippen LogP contribution in [0.25, 0.3) is 0 Å². The first-order valence-electron chi connectivity index (χ1n) is 7.11. The number of anilines is 1. The molecule has 1 fully saturated rings. The lowest BCUT2D eigenvalue weighted by molar-refractivity contribution is 0.0685. The summed E-state index contributed by atoms with van der Waals surface area (Å²) < 4.78 is 5.41. The van der Waals surface area contributed by atoms with Crippen molar-refractivity contribution in [2.45, 2.75) is 17.7 Å². The quantitative estimate of drug-likeness (QED) is 0.287. The molecular weight excluding hydrogens is 286 g/mol. The molecule has 0 aliphatic carbocycles. The summed E-state index contributed by atoms with van der Waals surface area (Å²) >= 11 is 1.60. The van der Waals surface area contributed by atoms with Gasteiger partial charge in [0.25, 0.3) is 0 Å². The van der Waals surface area contributed by atoms with Crippen LogP contribution in [0.15, 0.2) is 28.3 Å². The van der Waals surface area contributed by atoms with Gasteiger partial charge in [-0.2, -0.15) is 0 Å². The van der Waals surface area contributed by atoms with E-state index in [0.29, 0.717) is 5.92 Å². The van der Waals surface area contributed by atoms with E-state index in [4.69, 9.17) is 15.7 Å². The van der Waals surface area contributed by atoms with E-state index >= 15 is 0 Å². The largest absolute Gasteiger partial charge is 0.409 e. The third kappa shape index (κ3) is 3.83. The van der Waals surface area contributed by atoms with Crippen molar-refractivity contribution < 1.29 is 9.94 Å². The third-order valence-corrected chi connectivity index (χ3v) is 4.65. The number of nitrogens with two attached hydrogens (primary N) is 1. The van der Waals surface area contributed by atoms with Crippen LogP contribution >= 0.6 is 11.8 Å². The highest BCUT2D eigenvalue weighted by Gasteiger charge is 2.20. The summed E-state index contributed by atoms with van der Waals surface area (Å²) in [7, 11) is 2.06. The number of nitrogens with zero attached hydrogens (tertiary/aromatic N) is 2. The smallest absolute Gasteiger partial charge is 0.173 e. The van der Waals surface area contributed by atoms with Gasteiger partial charge >= 0.3 is 0 Å². The van der Waals surface area contributed by atoms with Crippen LogP contribution in [0.1, 0.15) is 18.4 Å². The molecule has 0 amide bonds. The van der Waals surface area contributed by atoms with Gasteiger partial charge in [0, 0.05) is 37.4 Å². The molecule has 0 spiro atoms. The van der Waals surface area contributed by atoms with Gasteiger partial charge in [0.2, 0.25) is 0 Å². The van der Waals surface area contributed by atoms with Gasteiger partial charge in [-0.25, -0.2) is 0 Å². The van der Waals surface area contributed by atoms with Crippen LogP contribution in [0.5, 0.6) is 0 Å². The summed E-state index contributed by atoms with van der Waals surface area (Å²) in [6.07, 6.45) is 4.17. The van der Waals surface area contributed by atoms with Crippen molar-refractivity contribution in [3.63, 3.8) is 0 Å². The molecule has 116 valence electrons. The summed E-state index contributed by atoms with van der Waals surface area (Å²) in [6.45, 7) is 2.64. The Morgan fingerprint density at radius 3 is 2.81 bits per heavy atom. The van der Waals surface area contributed by atoms with Crippen LogP contribution in [0.4, 0.5) is 5.69 Å². The highest BCUT2D eigenvalue weighted by Crippen LogP contribution is 2.30. The van der Waals surface area contributed by atoms with E-state index < -0.39 is 0 Å². The summed E-state index contributed by atoms with van der Waals surface area (Å²) in [5.41, 5.74) is 7.69. The van der Waals surface area contributed by atoms with Crippen molar-refractivity contribution in [2.24, 2.45) is 16.8 Å². The normalized spacial score (nSPS) is 17.0. The maximum Gasteiger partial charge on any atom is 0.173 e. The van der Waals surface area contributed by atoms with Crippen molar-refractivity contribution in [1.29, 1.82) is 0 Å². The molecule has 1 heterocycles. The van der Waals surface area contributed by atoms with Gasteiger partial charge < -0.3 is 20.6 Å². The second-order valence-corrected chi connectivity index (χ2v) is 6.12. The van der Waals surface area contributed by atoms with Crippen molar-refractivity contribution in [3.05, 3.63) is 23.8 Å². The first-order valence-corrected chi connectivity index (χ1v) is 8.33. The van der Waals surface area contributed by atoms with Gasteiger partial charge in [-0.3, -0.25) is 0 Å². The molecule has 0 atom stereocenters. The number of thioether (sulfide) groups is 1. The predicted molar refractivity (Wildman–Crippen MR) is 87.5 cm³/mol. The lowest BCUT2D eigenvalue weighted by atomic mass is 9.99. The minimum absolute atomic E-state index is 0.161. The zero-order chi connectivity index (χ0) is 15.2. The number of oxime groups is 1. The van der Waals surface area contributed by atoms with Crippen LogP contribution in [-0.2, 0) is 4.74 Å². The Morgan fingerprint density at radius 1 is 1.48 bits per heavy atom. The highest BCUT2D eigenvalue weighted by atomic mass is 32.2. The molecule has 0 aromatic heterocycles. The fraction of sp³-hybridized carbons (Fsp3) is 0.533. The van der Waals surface area contributed by atoms with Gasteiger partial charge in [-0.15, -0.1) is 11.8 Å². The molecule has 21 heavy (non-hydrogen) atoms. The summed E-state index contributed by atoms with van der Waals surface area (Å²) in [5, 5.41) is 12.2. The molecule has 2 rings (SSSR count). The van der Waals surface area contributed by atoms with Gasteiger partial charge in [0.05, 0.1) is 5.56 Å². The van der Waals surface area contributed by atoms with Crippen molar-refractivity contribution >= 4 is 23.3 Å². The summed E-state index contributed by atoms with van der Waals surface area (Å²) in [4.78, 5) is 3.21. The second kappa shape index (κ2) is 7.56. The Labute approximate surface area is 130 Å². The highest BCUT2D eigenvalue weighted by molar-refractivity contribution is 7.98. The lowest BCUT2D eigenvalue weighted by Crippen LogP contribution is -2.31. The minimum Gasteiger partial charge on any atom is -0.409 e. The van der Waals surface area contributed by atoms with E-state index in [1.54, 1.807) is 11.8 Å². The Kier molecular flexibility index (Phi) is 5.76. The molecular formula is C15H23N3O2S. The van der Waals surface area contributed by atoms with E-state index in [9.17, 15) is 0 Å². The van der Waals surface area contributed by atoms with Crippen LogP contribution in [0.3, 0.4) is 0 Å². The zero-order valence-electron chi connectivity index (χ0n) is 12.6. The first kappa shape index (κ1) is 16.0. The lowest BCUT2D eigenvalue weighted by Gasteiger charge is -2.30. The fourth-order valence-electron chi connectivity index (χ4n) is 2.73. The Morgan fingerprint density at radius 2 is 2.19 bits per heavy atom. The molecule has 3 N–H and O–H groups in total. The predicted octanol–water partition coefficient (Wildman–Crippen LogP) is 2.37. The average molecular weight is 309 g/mol. The van der Waals surface area contributed by atoms with Crippen molar-refractivity contribution in [1.82, 2.24) is 0 Å². The molecule has 1 saturated heterocycles. The van der Waals surface area contributed by atoms with Gasteiger partial charge in [-0.05, 0) is 37.1 Å². The molecule has 0 bridgehead atoms. The number of ether oxygens (including phenoxy) is 1. The van der Waals surface area contributed by atoms with Crippen molar-refractivity contribution in [2.75, 3.05) is 38.0 Å². The Bertz CT molecular complexity index is 502. The third-order valence-electron chi connectivity index (χ3n) is 3.87. The van der Waals surface area contributed by atoms with Crippen LogP contribution in [0, 0.1) is 5.92 Å². The molecule has 1 aromatic carbocycles. The number of benzene rings is 1. The minimum atomic E-state index is 0.161. The van der Waals surface area contributed by atoms with Gasteiger partial charge in [0.1, 0.15) is 0 Å². The van der Waals surface area contributed by atoms with Crippen molar-refractivity contribution in [3.8, 4) is 0 Å². The number of hydrogen-bond acceptors (Lipinski definition) is 5. The molecule has 6 heteroatoms. The molecule has 1 aliphatic heterocycles. The molecule has 1 aromatic rings.